The van der Waals surface area contributed by atoms with Gasteiger partial charge in [-0.2, -0.15) is 0 Å². The van der Waals surface area contributed by atoms with Crippen LogP contribution >= 0.6 is 23.2 Å². The molecule has 2 N–H and O–H groups in total. The molecule has 0 aliphatic heterocycles. The number of hydrogen-bond acceptors (Lipinski definition) is 1. The first-order valence-corrected chi connectivity index (χ1v) is 4.58. The molecular formula is C9H9Cl2NO. The second kappa shape index (κ2) is 4.49. The SMILES string of the molecule is NC(=O)CCc1cccc(Cl)c1Cl. The Morgan fingerprint density at radius 3 is 2.69 bits per heavy atom. The van der Waals surface area contributed by atoms with E-state index in [0.717, 1.165) is 5.56 Å². The molecule has 13 heavy (non-hydrogen) atoms. The summed E-state index contributed by atoms with van der Waals surface area (Å²) in [5.74, 6) is -0.337. The van der Waals surface area contributed by atoms with Crippen molar-refractivity contribution in [2.24, 2.45) is 5.73 Å². The van der Waals surface area contributed by atoms with Crippen LogP contribution in [0.1, 0.15) is 12.0 Å². The molecule has 0 heterocycles. The molecule has 1 amide bonds. The van der Waals surface area contributed by atoms with Gasteiger partial charge in [0.2, 0.25) is 5.91 Å². The standard InChI is InChI=1S/C9H9Cl2NO/c10-7-3-1-2-6(9(7)11)4-5-8(12)13/h1-3H,4-5H2,(H2,12,13). The molecule has 0 radical (unpaired) electrons. The summed E-state index contributed by atoms with van der Waals surface area (Å²) in [6.45, 7) is 0. The summed E-state index contributed by atoms with van der Waals surface area (Å²) >= 11 is 11.7. The van der Waals surface area contributed by atoms with E-state index in [-0.39, 0.29) is 5.91 Å². The minimum absolute atomic E-state index is 0.292. The number of primary amides is 1. The number of halogens is 2. The molecular weight excluding hydrogens is 209 g/mol. The van der Waals surface area contributed by atoms with E-state index >= 15 is 0 Å². The molecule has 0 saturated heterocycles. The molecule has 2 nitrogen and oxygen atoms in total. The molecule has 0 unspecified atom stereocenters. The number of amides is 1. The van der Waals surface area contributed by atoms with Crippen molar-refractivity contribution in [3.63, 3.8) is 0 Å². The van der Waals surface area contributed by atoms with Gasteiger partial charge in [0.25, 0.3) is 0 Å². The van der Waals surface area contributed by atoms with E-state index in [0.29, 0.717) is 22.9 Å². The third-order valence-electron chi connectivity index (χ3n) is 1.67. The van der Waals surface area contributed by atoms with Crippen LogP contribution in [0.25, 0.3) is 0 Å². The van der Waals surface area contributed by atoms with Crippen molar-refractivity contribution >= 4 is 29.1 Å². The number of nitrogens with two attached hydrogens (primary N) is 1. The van der Waals surface area contributed by atoms with Crippen LogP contribution in [-0.2, 0) is 11.2 Å². The molecule has 0 aromatic heterocycles. The van der Waals surface area contributed by atoms with Crippen molar-refractivity contribution in [2.45, 2.75) is 12.8 Å². The van der Waals surface area contributed by atoms with E-state index in [4.69, 9.17) is 28.9 Å². The molecule has 1 rings (SSSR count). The van der Waals surface area contributed by atoms with Crippen molar-refractivity contribution in [1.82, 2.24) is 0 Å². The van der Waals surface area contributed by atoms with Gasteiger partial charge in [0.15, 0.2) is 0 Å². The number of carbonyl (C=O) groups is 1. The Morgan fingerprint density at radius 1 is 1.38 bits per heavy atom. The summed E-state index contributed by atoms with van der Waals surface area (Å²) in [6.07, 6.45) is 0.828. The van der Waals surface area contributed by atoms with Gasteiger partial charge in [-0.25, -0.2) is 0 Å². The van der Waals surface area contributed by atoms with Crippen LogP contribution in [0.2, 0.25) is 10.0 Å². The topological polar surface area (TPSA) is 43.1 Å². The summed E-state index contributed by atoms with van der Waals surface area (Å²) in [6, 6.07) is 5.33. The predicted molar refractivity (Wildman–Crippen MR) is 54.0 cm³/mol. The molecule has 0 saturated carbocycles. The van der Waals surface area contributed by atoms with E-state index in [2.05, 4.69) is 0 Å². The highest BCUT2D eigenvalue weighted by molar-refractivity contribution is 6.42. The largest absolute Gasteiger partial charge is 0.370 e. The smallest absolute Gasteiger partial charge is 0.217 e. The first kappa shape index (κ1) is 10.4. The van der Waals surface area contributed by atoms with E-state index in [1.165, 1.54) is 0 Å². The number of benzene rings is 1. The van der Waals surface area contributed by atoms with Crippen LogP contribution in [0.3, 0.4) is 0 Å². The Hall–Kier alpha value is -0.730. The molecule has 0 atom stereocenters. The van der Waals surface area contributed by atoms with Gasteiger partial charge in [-0.1, -0.05) is 35.3 Å². The molecule has 70 valence electrons. The maximum absolute atomic E-state index is 10.5. The second-order valence-electron chi connectivity index (χ2n) is 2.68. The lowest BCUT2D eigenvalue weighted by atomic mass is 10.1. The minimum atomic E-state index is -0.337. The molecule has 4 heteroatoms. The summed E-state index contributed by atoms with van der Waals surface area (Å²) in [5.41, 5.74) is 5.87. The number of hydrogen-bond donors (Lipinski definition) is 1. The third-order valence-corrected chi connectivity index (χ3v) is 2.53. The number of carbonyl (C=O) groups excluding carboxylic acids is 1. The Bertz CT molecular complexity index is 325. The molecule has 0 aliphatic carbocycles. The third kappa shape index (κ3) is 2.90. The van der Waals surface area contributed by atoms with E-state index < -0.39 is 0 Å². The molecule has 0 bridgehead atoms. The quantitative estimate of drug-likeness (QED) is 0.831. The fraction of sp³-hybridized carbons (Fsp3) is 0.222. The maximum atomic E-state index is 10.5. The van der Waals surface area contributed by atoms with E-state index in [1.54, 1.807) is 12.1 Å². The summed E-state index contributed by atoms with van der Waals surface area (Å²) in [7, 11) is 0. The minimum Gasteiger partial charge on any atom is -0.370 e. The van der Waals surface area contributed by atoms with Crippen LogP contribution in [0.15, 0.2) is 18.2 Å². The fourth-order valence-electron chi connectivity index (χ4n) is 0.999. The van der Waals surface area contributed by atoms with Gasteiger partial charge >= 0.3 is 0 Å². The Labute approximate surface area is 86.6 Å². The summed E-state index contributed by atoms with van der Waals surface area (Å²) in [4.78, 5) is 10.5. The maximum Gasteiger partial charge on any atom is 0.217 e. The van der Waals surface area contributed by atoms with Crippen molar-refractivity contribution < 1.29 is 4.79 Å². The Morgan fingerprint density at radius 2 is 2.08 bits per heavy atom. The predicted octanol–water partition coefficient (Wildman–Crippen LogP) is 2.41. The van der Waals surface area contributed by atoms with Crippen molar-refractivity contribution in [1.29, 1.82) is 0 Å². The first-order valence-electron chi connectivity index (χ1n) is 3.82. The van der Waals surface area contributed by atoms with E-state index in [1.807, 2.05) is 6.07 Å². The van der Waals surface area contributed by atoms with Crippen LogP contribution in [0, 0.1) is 0 Å². The van der Waals surface area contributed by atoms with Gasteiger partial charge < -0.3 is 5.73 Å². The summed E-state index contributed by atoms with van der Waals surface area (Å²) < 4.78 is 0. The Balaban J connectivity index is 2.77. The lowest BCUT2D eigenvalue weighted by Crippen LogP contribution is -2.11. The first-order chi connectivity index (χ1) is 6.11. The molecule has 0 fully saturated rings. The molecule has 1 aromatic carbocycles. The molecule has 0 aliphatic rings. The highest BCUT2D eigenvalue weighted by atomic mass is 35.5. The van der Waals surface area contributed by atoms with Crippen molar-refractivity contribution in [3.05, 3.63) is 33.8 Å². The van der Waals surface area contributed by atoms with Gasteiger partial charge in [-0.05, 0) is 18.1 Å². The van der Waals surface area contributed by atoms with Crippen LogP contribution < -0.4 is 5.73 Å². The summed E-state index contributed by atoms with van der Waals surface area (Å²) in [5, 5.41) is 1.01. The van der Waals surface area contributed by atoms with E-state index in [9.17, 15) is 4.79 Å². The normalized spacial score (nSPS) is 10.0. The molecule has 0 spiro atoms. The monoisotopic (exact) mass is 217 g/mol. The van der Waals surface area contributed by atoms with Gasteiger partial charge in [-0.3, -0.25) is 4.79 Å². The van der Waals surface area contributed by atoms with Gasteiger partial charge in [-0.15, -0.1) is 0 Å². The van der Waals surface area contributed by atoms with Gasteiger partial charge in [0.05, 0.1) is 10.0 Å². The highest BCUT2D eigenvalue weighted by Gasteiger charge is 2.04. The van der Waals surface area contributed by atoms with Gasteiger partial charge in [0, 0.05) is 6.42 Å². The van der Waals surface area contributed by atoms with Gasteiger partial charge in [0.1, 0.15) is 0 Å². The lowest BCUT2D eigenvalue weighted by molar-refractivity contribution is -0.117. The second-order valence-corrected chi connectivity index (χ2v) is 3.46. The average Bonchev–Trinajstić information content (AvgIpc) is 2.07. The van der Waals surface area contributed by atoms with Crippen molar-refractivity contribution in [2.75, 3.05) is 0 Å². The number of rotatable bonds is 3. The van der Waals surface area contributed by atoms with Crippen LogP contribution in [0.4, 0.5) is 0 Å². The lowest BCUT2D eigenvalue weighted by Gasteiger charge is -2.03. The number of aryl methyl sites for hydroxylation is 1. The Kier molecular flexibility index (Phi) is 3.58. The average molecular weight is 218 g/mol. The molecule has 1 aromatic rings. The van der Waals surface area contributed by atoms with Crippen LogP contribution in [0.5, 0.6) is 0 Å². The zero-order chi connectivity index (χ0) is 9.84. The van der Waals surface area contributed by atoms with Crippen LogP contribution in [-0.4, -0.2) is 5.91 Å². The fourth-order valence-corrected chi connectivity index (χ4v) is 1.41. The zero-order valence-corrected chi connectivity index (χ0v) is 8.40. The van der Waals surface area contributed by atoms with Crippen molar-refractivity contribution in [3.8, 4) is 0 Å². The highest BCUT2D eigenvalue weighted by Crippen LogP contribution is 2.26. The zero-order valence-electron chi connectivity index (χ0n) is 6.89.